The summed E-state index contributed by atoms with van der Waals surface area (Å²) in [5.41, 5.74) is 2.60. The quantitative estimate of drug-likeness (QED) is 0.396. The molecule has 0 spiro atoms. The van der Waals surface area contributed by atoms with E-state index in [0.717, 1.165) is 22.6 Å². The van der Waals surface area contributed by atoms with Crippen LogP contribution in [0.5, 0.6) is 0 Å². The SMILES string of the molecule is COC1=NC(C=O)C(F)(N2C3CCNCC2(Cc2c(-c4ccc(Cl)cc4)nc4ccccn24)COC3)C=C1. The van der Waals surface area contributed by atoms with Gasteiger partial charge in [-0.3, -0.25) is 4.90 Å². The lowest BCUT2D eigenvalue weighted by Crippen LogP contribution is -2.73. The van der Waals surface area contributed by atoms with Gasteiger partial charge in [0, 0.05) is 41.9 Å². The number of dihydropyridines is 1. The number of carbonyl (C=O) groups excluding carboxylic acids is 1. The summed E-state index contributed by atoms with van der Waals surface area (Å²) >= 11 is 6.18. The van der Waals surface area contributed by atoms with Crippen LogP contribution in [-0.2, 0) is 20.7 Å². The number of alkyl halides is 1. The number of methoxy groups -OCH3 is 1. The number of hydrogen-bond acceptors (Lipinski definition) is 7. The van der Waals surface area contributed by atoms with Crippen LogP contribution in [0.1, 0.15) is 12.1 Å². The van der Waals surface area contributed by atoms with E-state index in [-0.39, 0.29) is 18.5 Å². The number of pyridine rings is 1. The number of rotatable bonds is 5. The molecule has 0 amide bonds. The number of hydrogen-bond donors (Lipinski definition) is 1. The van der Waals surface area contributed by atoms with Crippen molar-refractivity contribution < 1.29 is 18.7 Å². The van der Waals surface area contributed by atoms with Gasteiger partial charge in [-0.15, -0.1) is 0 Å². The zero-order valence-electron chi connectivity index (χ0n) is 21.0. The fraction of sp³-hybridized carbons (Fsp3) is 0.393. The standard InChI is InChI=1S/C28H29ClFN5O3/c1-37-25-9-11-28(30,23(15-36)32-25)35-21-10-12-31-17-27(35,18-38-16-21)14-22-26(19-5-7-20(29)8-6-19)33-24-4-2-3-13-34(22)24/h2-9,11,13,15,21,23,31H,10,12,14,16-18H2,1H3. The Morgan fingerprint density at radius 1 is 1.29 bits per heavy atom. The molecule has 6 rings (SSSR count). The number of halogens is 2. The fourth-order valence-corrected chi connectivity index (χ4v) is 6.22. The summed E-state index contributed by atoms with van der Waals surface area (Å²) in [7, 11) is 1.46. The first-order valence-electron chi connectivity index (χ1n) is 12.7. The number of imidazole rings is 1. The van der Waals surface area contributed by atoms with Gasteiger partial charge < -0.3 is 24.0 Å². The maximum absolute atomic E-state index is 17.3. The fourth-order valence-electron chi connectivity index (χ4n) is 6.09. The van der Waals surface area contributed by atoms with E-state index >= 15 is 4.39 Å². The van der Waals surface area contributed by atoms with E-state index in [4.69, 9.17) is 26.1 Å². The van der Waals surface area contributed by atoms with Gasteiger partial charge in [-0.05, 0) is 43.3 Å². The number of nitrogens with zero attached hydrogens (tertiary/aromatic N) is 4. The van der Waals surface area contributed by atoms with E-state index in [9.17, 15) is 4.79 Å². The van der Waals surface area contributed by atoms with Crippen LogP contribution in [0.3, 0.4) is 0 Å². The second-order valence-corrected chi connectivity index (χ2v) is 10.5. The predicted molar refractivity (Wildman–Crippen MR) is 143 cm³/mol. The van der Waals surface area contributed by atoms with Crippen LogP contribution >= 0.6 is 11.6 Å². The highest BCUT2D eigenvalue weighted by Crippen LogP contribution is 2.43. The third kappa shape index (κ3) is 4.14. The molecule has 5 heterocycles. The Morgan fingerprint density at radius 3 is 2.92 bits per heavy atom. The molecule has 3 aromatic rings. The van der Waals surface area contributed by atoms with Crippen LogP contribution in [0.4, 0.5) is 4.39 Å². The third-order valence-corrected chi connectivity index (χ3v) is 8.01. The van der Waals surface area contributed by atoms with Crippen molar-refractivity contribution >= 4 is 29.4 Å². The van der Waals surface area contributed by atoms with Crippen LogP contribution in [0.25, 0.3) is 16.9 Å². The van der Waals surface area contributed by atoms with E-state index in [1.54, 1.807) is 0 Å². The topological polar surface area (TPSA) is 80.5 Å². The summed E-state index contributed by atoms with van der Waals surface area (Å²) in [6, 6.07) is 11.9. The zero-order valence-corrected chi connectivity index (χ0v) is 21.8. The highest BCUT2D eigenvalue weighted by atomic mass is 35.5. The molecular weight excluding hydrogens is 509 g/mol. The molecule has 38 heavy (non-hydrogen) atoms. The molecule has 2 bridgehead atoms. The van der Waals surface area contributed by atoms with Crippen molar-refractivity contribution in [1.29, 1.82) is 0 Å². The van der Waals surface area contributed by atoms with E-state index < -0.39 is 17.4 Å². The Hall–Kier alpha value is -3.11. The number of aromatic nitrogens is 2. The van der Waals surface area contributed by atoms with Crippen molar-refractivity contribution in [3.63, 3.8) is 0 Å². The van der Waals surface area contributed by atoms with Crippen LogP contribution in [-0.4, -0.2) is 83.3 Å². The third-order valence-electron chi connectivity index (χ3n) is 7.76. The minimum atomic E-state index is -2.15. The van der Waals surface area contributed by atoms with Crippen molar-refractivity contribution in [1.82, 2.24) is 19.6 Å². The van der Waals surface area contributed by atoms with Crippen molar-refractivity contribution in [2.45, 2.75) is 36.3 Å². The van der Waals surface area contributed by atoms with Gasteiger partial charge in [-0.2, -0.15) is 0 Å². The van der Waals surface area contributed by atoms with Crippen LogP contribution in [0.2, 0.25) is 5.02 Å². The second kappa shape index (κ2) is 9.89. The number of fused-ring (bicyclic) bond motifs is 3. The Kier molecular flexibility index (Phi) is 6.55. The Labute approximate surface area is 225 Å². The van der Waals surface area contributed by atoms with E-state index in [2.05, 4.69) is 10.3 Å². The van der Waals surface area contributed by atoms with Gasteiger partial charge in [0.05, 0.1) is 37.3 Å². The van der Waals surface area contributed by atoms with Gasteiger partial charge in [0.25, 0.3) is 0 Å². The highest BCUT2D eigenvalue weighted by molar-refractivity contribution is 6.30. The van der Waals surface area contributed by atoms with E-state index in [1.165, 1.54) is 19.3 Å². The van der Waals surface area contributed by atoms with E-state index in [1.807, 2.05) is 58.0 Å². The lowest BCUT2D eigenvalue weighted by atomic mass is 9.83. The molecule has 0 saturated carbocycles. The van der Waals surface area contributed by atoms with Crippen molar-refractivity contribution in [3.8, 4) is 11.3 Å². The molecule has 2 aromatic heterocycles. The van der Waals surface area contributed by atoms with Crippen LogP contribution < -0.4 is 5.32 Å². The van der Waals surface area contributed by atoms with Gasteiger partial charge in [-0.1, -0.05) is 29.8 Å². The average Bonchev–Trinajstić information content (AvgIpc) is 3.24. The highest BCUT2D eigenvalue weighted by Gasteiger charge is 2.58. The van der Waals surface area contributed by atoms with Gasteiger partial charge >= 0.3 is 0 Å². The maximum atomic E-state index is 17.3. The number of nitrogens with one attached hydrogen (secondary N) is 1. The van der Waals surface area contributed by atoms with Gasteiger partial charge in [0.1, 0.15) is 11.9 Å². The summed E-state index contributed by atoms with van der Waals surface area (Å²) in [6.45, 7) is 1.83. The number of ether oxygens (including phenoxy) is 2. The molecule has 10 heteroatoms. The maximum Gasteiger partial charge on any atom is 0.213 e. The number of aliphatic imine (C=N–C) groups is 1. The van der Waals surface area contributed by atoms with Gasteiger partial charge in [-0.25, -0.2) is 14.4 Å². The number of morpholine rings is 1. The molecule has 1 aromatic carbocycles. The smallest absolute Gasteiger partial charge is 0.213 e. The largest absolute Gasteiger partial charge is 0.481 e. The summed E-state index contributed by atoms with van der Waals surface area (Å²) in [5, 5.41) is 4.16. The first-order chi connectivity index (χ1) is 18.5. The number of carbonyl (C=O) groups is 1. The Bertz CT molecular complexity index is 1410. The minimum absolute atomic E-state index is 0.227. The van der Waals surface area contributed by atoms with Crippen LogP contribution in [0.15, 0.2) is 65.8 Å². The molecule has 4 atom stereocenters. The molecule has 198 valence electrons. The molecule has 0 aliphatic carbocycles. The lowest BCUT2D eigenvalue weighted by Gasteiger charge is -2.55. The summed E-state index contributed by atoms with van der Waals surface area (Å²) in [4.78, 5) is 23.3. The average molecular weight is 538 g/mol. The predicted octanol–water partition coefficient (Wildman–Crippen LogP) is 3.48. The normalized spacial score (nSPS) is 29.6. The molecule has 2 fully saturated rings. The molecule has 1 N–H and O–H groups in total. The van der Waals surface area contributed by atoms with Crippen LogP contribution in [0, 0.1) is 0 Å². The molecular formula is C28H29ClFN5O3. The molecule has 2 saturated heterocycles. The zero-order chi connectivity index (χ0) is 26.3. The molecule has 3 aliphatic heterocycles. The minimum Gasteiger partial charge on any atom is -0.481 e. The Morgan fingerprint density at radius 2 is 2.13 bits per heavy atom. The molecule has 3 aliphatic rings. The number of aldehydes is 1. The molecule has 8 nitrogen and oxygen atoms in total. The number of benzene rings is 1. The second-order valence-electron chi connectivity index (χ2n) is 10.1. The molecule has 4 unspecified atom stereocenters. The lowest BCUT2D eigenvalue weighted by molar-refractivity contribution is -0.180. The summed E-state index contributed by atoms with van der Waals surface area (Å²) < 4.78 is 30.7. The monoisotopic (exact) mass is 537 g/mol. The molecule has 0 radical (unpaired) electrons. The summed E-state index contributed by atoms with van der Waals surface area (Å²) in [6.07, 6.45) is 6.56. The van der Waals surface area contributed by atoms with Gasteiger partial charge in [0.2, 0.25) is 11.7 Å². The van der Waals surface area contributed by atoms with E-state index in [0.29, 0.717) is 43.8 Å². The first-order valence-corrected chi connectivity index (χ1v) is 13.1. The van der Waals surface area contributed by atoms with Crippen molar-refractivity contribution in [3.05, 3.63) is 71.5 Å². The first kappa shape index (κ1) is 25.2. The van der Waals surface area contributed by atoms with Crippen molar-refractivity contribution in [2.24, 2.45) is 4.99 Å². The van der Waals surface area contributed by atoms with Crippen molar-refractivity contribution in [2.75, 3.05) is 33.4 Å². The summed E-state index contributed by atoms with van der Waals surface area (Å²) in [5.74, 6) is -1.92. The van der Waals surface area contributed by atoms with Gasteiger partial charge in [0.15, 0.2) is 6.04 Å². The Balaban J connectivity index is 1.51.